The van der Waals surface area contributed by atoms with E-state index in [-0.39, 0.29) is 10.5 Å². The summed E-state index contributed by atoms with van der Waals surface area (Å²) >= 11 is 0. The third-order valence-corrected chi connectivity index (χ3v) is 5.69. The van der Waals surface area contributed by atoms with Crippen molar-refractivity contribution >= 4 is 40.1 Å². The summed E-state index contributed by atoms with van der Waals surface area (Å²) in [6.45, 7) is 4.98. The van der Waals surface area contributed by atoms with Gasteiger partial charge in [0.25, 0.3) is 15.9 Å². The molecule has 8 heteroatoms. The van der Waals surface area contributed by atoms with Crippen LogP contribution in [0.15, 0.2) is 58.4 Å². The molecule has 2 N–H and O–H groups in total. The van der Waals surface area contributed by atoms with Gasteiger partial charge in [0.05, 0.1) is 16.3 Å². The maximum atomic E-state index is 12.8. The Morgan fingerprint density at radius 2 is 1.81 bits per heavy atom. The van der Waals surface area contributed by atoms with Crippen molar-refractivity contribution in [1.82, 2.24) is 5.48 Å². The third-order valence-electron chi connectivity index (χ3n) is 3.83. The minimum atomic E-state index is -3.77. The molecule has 0 unspecified atom stereocenters. The van der Waals surface area contributed by atoms with Crippen LogP contribution in [-0.2, 0) is 10.0 Å². The van der Waals surface area contributed by atoms with Gasteiger partial charge in [0.1, 0.15) is 0 Å². The van der Waals surface area contributed by atoms with E-state index in [1.54, 1.807) is 24.3 Å². The van der Waals surface area contributed by atoms with Crippen LogP contribution < -0.4 is 9.79 Å². The molecule has 0 radical (unpaired) electrons. The number of para-hydroxylation sites is 1. The highest BCUT2D eigenvalue weighted by molar-refractivity contribution is 7.96. The van der Waals surface area contributed by atoms with Crippen LogP contribution in [0, 0.1) is 0 Å². The molecule has 0 aliphatic carbocycles. The average molecular weight is 373 g/mol. The molecular weight excluding hydrogens is 354 g/mol. The Kier molecular flexibility index (Phi) is 5.91. The maximum absolute atomic E-state index is 12.8. The number of carbonyl (C=O) groups is 1. The highest BCUT2D eigenvalue weighted by atomic mass is 32.2. The van der Waals surface area contributed by atoms with E-state index in [1.807, 2.05) is 0 Å². The molecule has 0 saturated carbocycles. The summed E-state index contributed by atoms with van der Waals surface area (Å²) in [5.74, 6) is -0.674. The number of benzene rings is 2. The second kappa shape index (κ2) is 7.94. The van der Waals surface area contributed by atoms with Crippen LogP contribution in [0.1, 0.15) is 22.8 Å². The van der Waals surface area contributed by atoms with E-state index in [1.165, 1.54) is 49.8 Å². The minimum Gasteiger partial charge on any atom is -0.288 e. The lowest BCUT2D eigenvalue weighted by molar-refractivity contribution is 0.0706. The monoisotopic (exact) mass is 373 g/mol. The van der Waals surface area contributed by atoms with Gasteiger partial charge in [-0.25, -0.2) is 13.9 Å². The fourth-order valence-electron chi connectivity index (χ4n) is 2.29. The van der Waals surface area contributed by atoms with Crippen molar-refractivity contribution in [2.24, 2.45) is 4.99 Å². The number of rotatable bonds is 6. The number of carbonyl (C=O) groups excluding carboxylic acids is 1. The Bertz CT molecular complexity index is 951. The molecule has 26 heavy (non-hydrogen) atoms. The van der Waals surface area contributed by atoms with Crippen LogP contribution in [0.5, 0.6) is 0 Å². The van der Waals surface area contributed by atoms with E-state index >= 15 is 0 Å². The van der Waals surface area contributed by atoms with Crippen molar-refractivity contribution in [3.8, 4) is 0 Å². The predicted octanol–water partition coefficient (Wildman–Crippen LogP) is 2.96. The zero-order valence-corrected chi connectivity index (χ0v) is 15.2. The van der Waals surface area contributed by atoms with Crippen molar-refractivity contribution in [2.45, 2.75) is 6.92 Å². The van der Waals surface area contributed by atoms with Crippen molar-refractivity contribution in [2.75, 3.05) is 11.4 Å². The van der Waals surface area contributed by atoms with Gasteiger partial charge < -0.3 is 0 Å². The maximum Gasteiger partial charge on any atom is 0.274 e. The SMILES string of the molecule is C=Nc1ccccc1/C=C(\C)S(=O)(=O)N(C)c1ccc(C(=O)NO)cc1. The molecule has 2 aromatic rings. The first-order valence-corrected chi connectivity index (χ1v) is 9.02. The number of allylic oxidation sites excluding steroid dienone is 1. The third kappa shape index (κ3) is 3.98. The molecule has 0 heterocycles. The second-order valence-electron chi connectivity index (χ2n) is 5.43. The van der Waals surface area contributed by atoms with Crippen molar-refractivity contribution in [3.05, 3.63) is 64.6 Å². The summed E-state index contributed by atoms with van der Waals surface area (Å²) in [5, 5.41) is 8.63. The quantitative estimate of drug-likeness (QED) is 0.462. The number of sulfonamides is 1. The van der Waals surface area contributed by atoms with Gasteiger partial charge in [0, 0.05) is 18.2 Å². The minimum absolute atomic E-state index is 0.133. The number of hydroxylamine groups is 1. The van der Waals surface area contributed by atoms with Gasteiger partial charge in [-0.05, 0) is 50.0 Å². The molecule has 0 atom stereocenters. The Balaban J connectivity index is 2.34. The number of anilines is 1. The molecule has 7 nitrogen and oxygen atoms in total. The standard InChI is InChI=1S/C18H19N3O4S/c1-13(12-15-6-4-5-7-17(15)19-2)26(24,25)21(3)16-10-8-14(9-11-16)18(22)20-23/h4-12,23H,2H2,1,3H3,(H,20,22)/b13-12+. The molecule has 0 aliphatic heterocycles. The molecule has 136 valence electrons. The fourth-order valence-corrected chi connectivity index (χ4v) is 3.40. The summed E-state index contributed by atoms with van der Waals surface area (Å²) < 4.78 is 26.7. The molecule has 0 bridgehead atoms. The summed E-state index contributed by atoms with van der Waals surface area (Å²) in [5.41, 5.74) is 3.34. The normalized spacial score (nSPS) is 11.7. The van der Waals surface area contributed by atoms with E-state index in [0.29, 0.717) is 16.9 Å². The largest absolute Gasteiger partial charge is 0.288 e. The van der Waals surface area contributed by atoms with Crippen molar-refractivity contribution in [1.29, 1.82) is 0 Å². The molecule has 0 fully saturated rings. The molecular formula is C18H19N3O4S. The van der Waals surface area contributed by atoms with Gasteiger partial charge in [0.15, 0.2) is 0 Å². The van der Waals surface area contributed by atoms with Crippen LogP contribution in [0.2, 0.25) is 0 Å². The van der Waals surface area contributed by atoms with Crippen molar-refractivity contribution in [3.63, 3.8) is 0 Å². The van der Waals surface area contributed by atoms with Crippen LogP contribution in [-0.4, -0.2) is 33.3 Å². The summed E-state index contributed by atoms with van der Waals surface area (Å²) in [6, 6.07) is 12.9. The summed E-state index contributed by atoms with van der Waals surface area (Å²) in [6.07, 6.45) is 1.53. The van der Waals surface area contributed by atoms with Crippen LogP contribution in [0.4, 0.5) is 11.4 Å². The molecule has 0 aliphatic rings. The Hall–Kier alpha value is -2.97. The molecule has 2 rings (SSSR count). The van der Waals surface area contributed by atoms with Gasteiger partial charge in [-0.3, -0.25) is 19.3 Å². The highest BCUT2D eigenvalue weighted by Crippen LogP contribution is 2.26. The Labute approximate surface area is 152 Å². The van der Waals surface area contributed by atoms with Gasteiger partial charge in [-0.1, -0.05) is 18.2 Å². The zero-order valence-electron chi connectivity index (χ0n) is 14.4. The number of amides is 1. The smallest absolute Gasteiger partial charge is 0.274 e. The predicted molar refractivity (Wildman–Crippen MR) is 102 cm³/mol. The topological polar surface area (TPSA) is 99.1 Å². The number of nitrogens with zero attached hydrogens (tertiary/aromatic N) is 2. The van der Waals surface area contributed by atoms with Gasteiger partial charge in [-0.15, -0.1) is 0 Å². The van der Waals surface area contributed by atoms with Gasteiger partial charge in [0.2, 0.25) is 0 Å². The van der Waals surface area contributed by atoms with E-state index in [9.17, 15) is 13.2 Å². The lowest BCUT2D eigenvalue weighted by Crippen LogP contribution is -2.27. The van der Waals surface area contributed by atoms with E-state index in [4.69, 9.17) is 5.21 Å². The van der Waals surface area contributed by atoms with Gasteiger partial charge >= 0.3 is 0 Å². The summed E-state index contributed by atoms with van der Waals surface area (Å²) in [4.78, 5) is 15.4. The lowest BCUT2D eigenvalue weighted by Gasteiger charge is -2.20. The molecule has 2 aromatic carbocycles. The average Bonchev–Trinajstić information content (AvgIpc) is 2.67. The molecule has 0 saturated heterocycles. The van der Waals surface area contributed by atoms with Gasteiger partial charge in [-0.2, -0.15) is 0 Å². The van der Waals surface area contributed by atoms with Crippen LogP contribution in [0.25, 0.3) is 6.08 Å². The lowest BCUT2D eigenvalue weighted by atomic mass is 10.1. The first-order chi connectivity index (χ1) is 12.3. The summed E-state index contributed by atoms with van der Waals surface area (Å²) in [7, 11) is -2.35. The van der Waals surface area contributed by atoms with Crippen molar-refractivity contribution < 1.29 is 18.4 Å². The zero-order chi connectivity index (χ0) is 19.3. The van der Waals surface area contributed by atoms with E-state index in [0.717, 1.165) is 4.31 Å². The Morgan fingerprint density at radius 3 is 2.38 bits per heavy atom. The first kappa shape index (κ1) is 19.4. The molecule has 1 amide bonds. The first-order valence-electron chi connectivity index (χ1n) is 7.58. The molecule has 0 aromatic heterocycles. The van der Waals surface area contributed by atoms with E-state index < -0.39 is 15.9 Å². The van der Waals surface area contributed by atoms with Crippen LogP contribution >= 0.6 is 0 Å². The van der Waals surface area contributed by atoms with E-state index in [2.05, 4.69) is 11.7 Å². The number of aliphatic imine (C=N–C) groups is 1. The number of nitrogens with one attached hydrogen (secondary N) is 1. The number of hydrogen-bond acceptors (Lipinski definition) is 5. The highest BCUT2D eigenvalue weighted by Gasteiger charge is 2.21. The molecule has 0 spiro atoms. The second-order valence-corrected chi connectivity index (χ2v) is 7.57. The Morgan fingerprint density at radius 1 is 1.19 bits per heavy atom. The number of hydrogen-bond donors (Lipinski definition) is 2. The van der Waals surface area contributed by atoms with Crippen LogP contribution in [0.3, 0.4) is 0 Å². The fraction of sp³-hybridized carbons (Fsp3) is 0.111.